The van der Waals surface area contributed by atoms with Gasteiger partial charge in [0.1, 0.15) is 23.5 Å². The first-order chi connectivity index (χ1) is 28.9. The lowest BCUT2D eigenvalue weighted by Crippen LogP contribution is -2.40. The number of aromatic nitrogens is 4. The van der Waals surface area contributed by atoms with Crippen LogP contribution in [0.4, 0.5) is 14.4 Å². The van der Waals surface area contributed by atoms with E-state index in [9.17, 15) is 19.2 Å². The second-order valence-electron chi connectivity index (χ2n) is 17.3. The summed E-state index contributed by atoms with van der Waals surface area (Å²) in [6, 6.07) is 22.7. The maximum Gasteiger partial charge on any atom is 0.410 e. The maximum atomic E-state index is 13.4. The van der Waals surface area contributed by atoms with Gasteiger partial charge in [-0.05, 0) is 135 Å². The predicted octanol–water partition coefficient (Wildman–Crippen LogP) is 9.19. The first-order valence-corrected chi connectivity index (χ1v) is 21.0. The average molecular weight is 836 g/mol. The highest BCUT2D eigenvalue weighted by molar-refractivity contribution is 5.82. The van der Waals surface area contributed by atoms with Crippen LogP contribution in [0.3, 0.4) is 0 Å². The van der Waals surface area contributed by atoms with Crippen molar-refractivity contribution in [3.63, 3.8) is 0 Å². The third-order valence-electron chi connectivity index (χ3n) is 9.76. The largest absolute Gasteiger partial charge is 0.445 e. The van der Waals surface area contributed by atoms with Gasteiger partial charge >= 0.3 is 24.0 Å². The van der Waals surface area contributed by atoms with E-state index in [1.54, 1.807) is 31.9 Å². The molecule has 0 aliphatic rings. The van der Waals surface area contributed by atoms with Gasteiger partial charge in [-0.15, -0.1) is 0 Å². The highest BCUT2D eigenvalue weighted by Gasteiger charge is 2.27. The van der Waals surface area contributed by atoms with Gasteiger partial charge in [-0.1, -0.05) is 49.4 Å². The molecule has 0 fully saturated rings. The molecule has 14 nitrogen and oxygen atoms in total. The van der Waals surface area contributed by atoms with Gasteiger partial charge < -0.3 is 34.7 Å². The number of nitrogens with zero attached hydrogens (tertiary/aromatic N) is 4. The van der Waals surface area contributed by atoms with E-state index in [0.29, 0.717) is 30.8 Å². The zero-order chi connectivity index (χ0) is 44.3. The Morgan fingerprint density at radius 2 is 1.56 bits per heavy atom. The minimum absolute atomic E-state index is 0.0548. The number of carbonyl (C=O) groups is 3. The smallest absolute Gasteiger partial charge is 0.410 e. The van der Waals surface area contributed by atoms with Gasteiger partial charge in [0.2, 0.25) is 0 Å². The molecule has 0 aliphatic heterocycles. The molecule has 2 atom stereocenters. The zero-order valence-corrected chi connectivity index (χ0v) is 37.0. The number of fused-ring (bicyclic) bond motifs is 1. The number of ether oxygens (including phenoxy) is 3. The molecule has 0 saturated heterocycles. The summed E-state index contributed by atoms with van der Waals surface area (Å²) in [4.78, 5) is 65.4. The molecule has 0 unspecified atom stereocenters. The third kappa shape index (κ3) is 13.9. The highest BCUT2D eigenvalue weighted by Crippen LogP contribution is 2.27. The number of alkyl carbamates (subject to hydrolysis) is 2. The number of amides is 3. The minimum Gasteiger partial charge on any atom is -0.445 e. The fourth-order valence-corrected chi connectivity index (χ4v) is 6.69. The molecule has 5 rings (SSSR count). The third-order valence-corrected chi connectivity index (χ3v) is 9.76. The Labute approximate surface area is 358 Å². The fourth-order valence-electron chi connectivity index (χ4n) is 6.69. The molecule has 0 saturated carbocycles. The van der Waals surface area contributed by atoms with Crippen molar-refractivity contribution in [2.75, 3.05) is 13.1 Å². The van der Waals surface area contributed by atoms with Crippen LogP contribution in [0, 0.1) is 0 Å². The molecular weight excluding hydrogens is 775 g/mol. The number of rotatable bonds is 16. The summed E-state index contributed by atoms with van der Waals surface area (Å²) in [5.74, 6) is 0. The molecule has 326 valence electrons. The van der Waals surface area contributed by atoms with Crippen LogP contribution >= 0.6 is 0 Å². The van der Waals surface area contributed by atoms with E-state index in [1.165, 1.54) is 4.57 Å². The molecule has 0 aliphatic carbocycles. The number of aryl methyl sites for hydroxylation is 2. The summed E-state index contributed by atoms with van der Waals surface area (Å²) < 4.78 is 17.9. The molecule has 3 N–H and O–H groups in total. The fraction of sp³-hybridized carbons (Fsp3) is 0.447. The summed E-state index contributed by atoms with van der Waals surface area (Å²) in [7, 11) is 0. The van der Waals surface area contributed by atoms with Crippen LogP contribution in [0.1, 0.15) is 110 Å². The van der Waals surface area contributed by atoms with E-state index >= 15 is 0 Å². The van der Waals surface area contributed by atoms with Crippen molar-refractivity contribution in [1.29, 1.82) is 0 Å². The molecule has 0 bridgehead atoms. The summed E-state index contributed by atoms with van der Waals surface area (Å²) in [5, 5.41) is 6.41. The number of benzene rings is 2. The molecule has 2 aromatic carbocycles. The van der Waals surface area contributed by atoms with Gasteiger partial charge in [-0.3, -0.25) is 9.55 Å². The van der Waals surface area contributed by atoms with E-state index < -0.39 is 35.2 Å². The lowest BCUT2D eigenvalue weighted by molar-refractivity contribution is 0.0171. The number of pyridine rings is 1. The second-order valence-corrected chi connectivity index (χ2v) is 17.3. The van der Waals surface area contributed by atoms with Gasteiger partial charge in [-0.25, -0.2) is 19.2 Å². The molecule has 5 aromatic rings. The van der Waals surface area contributed by atoms with E-state index in [0.717, 1.165) is 64.8 Å². The monoisotopic (exact) mass is 835 g/mol. The Kier molecular flexibility index (Phi) is 15.3. The summed E-state index contributed by atoms with van der Waals surface area (Å²) >= 11 is 0. The average Bonchev–Trinajstić information content (AvgIpc) is 3.61. The van der Waals surface area contributed by atoms with Crippen LogP contribution < -0.4 is 16.3 Å². The lowest BCUT2D eigenvalue weighted by atomic mass is 10.0. The summed E-state index contributed by atoms with van der Waals surface area (Å²) in [6.45, 7) is 17.7. The van der Waals surface area contributed by atoms with Crippen molar-refractivity contribution in [2.45, 2.75) is 124 Å². The second kappa shape index (κ2) is 20.4. The molecule has 0 spiro atoms. The van der Waals surface area contributed by atoms with Crippen LogP contribution in [-0.2, 0) is 33.7 Å². The Morgan fingerprint density at radius 1 is 0.852 bits per heavy atom. The van der Waals surface area contributed by atoms with E-state index in [2.05, 4.69) is 39.7 Å². The summed E-state index contributed by atoms with van der Waals surface area (Å²) in [6.07, 6.45) is 4.00. The predicted molar refractivity (Wildman–Crippen MR) is 237 cm³/mol. The number of carbonyl (C=O) groups excluding carboxylic acids is 3. The number of H-pyrrole nitrogens is 1. The van der Waals surface area contributed by atoms with Crippen molar-refractivity contribution in [3.8, 4) is 17.1 Å². The van der Waals surface area contributed by atoms with E-state index in [1.807, 2.05) is 95.3 Å². The van der Waals surface area contributed by atoms with Crippen molar-refractivity contribution in [2.24, 2.45) is 0 Å². The molecule has 3 heterocycles. The molecule has 0 radical (unpaired) electrons. The summed E-state index contributed by atoms with van der Waals surface area (Å²) in [5.41, 5.74) is 4.68. The van der Waals surface area contributed by atoms with E-state index in [-0.39, 0.29) is 18.7 Å². The Bertz CT molecular complexity index is 2310. The van der Waals surface area contributed by atoms with Crippen molar-refractivity contribution < 1.29 is 28.6 Å². The van der Waals surface area contributed by atoms with Crippen LogP contribution in [0.25, 0.3) is 28.1 Å². The molecule has 3 amide bonds. The van der Waals surface area contributed by atoms with Crippen molar-refractivity contribution in [3.05, 3.63) is 112 Å². The molecule has 61 heavy (non-hydrogen) atoms. The topological polar surface area (TPSA) is 170 Å². The SMILES string of the molecule is CCc1cc(CCC[C@H](C)NC(=O)OCc2ccccc2)cc(-c2cc3cn(-c4ccc([C@H](C)N(CCCNC(=O)OC(C)(C)C)C(=O)OC(C)(C)C)cc4)c(=O)nc3[nH]2)n1. The standard InChI is InChI=1S/C47H61N7O7/c1-10-37-26-34(19-14-16-31(2)49-44(57)59-30-33-17-12-11-13-18-33)27-39(50-37)40-28-36-29-54(42(55)52-41(36)51-40)38-22-20-35(21-23-38)32(3)53(45(58)61-47(7,8)9)25-15-24-48-43(56)60-46(4,5)6/h11-13,17-18,20-23,26-29,31-32H,10,14-16,19,24-25,30H2,1-9H3,(H,48,56)(H,49,57)(H,51,52,55)/t31-,32-/m0/s1. The number of hydrogen-bond acceptors (Lipinski definition) is 9. The zero-order valence-electron chi connectivity index (χ0n) is 37.0. The van der Waals surface area contributed by atoms with Crippen molar-refractivity contribution in [1.82, 2.24) is 35.1 Å². The minimum atomic E-state index is -0.699. The molecule has 3 aromatic heterocycles. The number of nitrogens with one attached hydrogen (secondary N) is 3. The van der Waals surface area contributed by atoms with Crippen LogP contribution in [0.5, 0.6) is 0 Å². The van der Waals surface area contributed by atoms with Gasteiger partial charge in [0.05, 0.1) is 23.1 Å². The molecular formula is C47H61N7O7. The maximum absolute atomic E-state index is 13.4. The number of aromatic amines is 1. The quantitative estimate of drug-likeness (QED) is 0.0648. The Hall–Kier alpha value is -6.18. The lowest BCUT2D eigenvalue weighted by Gasteiger charge is -2.32. The van der Waals surface area contributed by atoms with Gasteiger partial charge in [0, 0.05) is 36.4 Å². The first kappa shape index (κ1) is 45.9. The Morgan fingerprint density at radius 3 is 2.23 bits per heavy atom. The number of hydrogen-bond donors (Lipinski definition) is 3. The van der Waals surface area contributed by atoms with Crippen LogP contribution in [-0.4, -0.2) is 73.0 Å². The first-order valence-electron chi connectivity index (χ1n) is 21.0. The van der Waals surface area contributed by atoms with E-state index in [4.69, 9.17) is 19.2 Å². The van der Waals surface area contributed by atoms with Crippen LogP contribution in [0.15, 0.2) is 83.8 Å². The van der Waals surface area contributed by atoms with Crippen LogP contribution in [0.2, 0.25) is 0 Å². The van der Waals surface area contributed by atoms with Gasteiger partial charge in [0.15, 0.2) is 0 Å². The van der Waals surface area contributed by atoms with Gasteiger partial charge in [-0.2, -0.15) is 4.98 Å². The van der Waals surface area contributed by atoms with Crippen molar-refractivity contribution >= 4 is 29.3 Å². The molecule has 14 heteroatoms. The Balaban J connectivity index is 1.25. The highest BCUT2D eigenvalue weighted by atomic mass is 16.6. The normalized spacial score (nSPS) is 12.7. The van der Waals surface area contributed by atoms with Gasteiger partial charge in [0.25, 0.3) is 0 Å².